The molecule has 18 heavy (non-hydrogen) atoms. The Balaban J connectivity index is 3.13. The highest BCUT2D eigenvalue weighted by Gasteiger charge is 2.34. The number of halogens is 1. The van der Waals surface area contributed by atoms with Gasteiger partial charge in [0, 0.05) is 6.20 Å². The highest BCUT2D eigenvalue weighted by atomic mass is 32.2. The number of aromatic nitrogens is 1. The molecule has 0 saturated heterocycles. The predicted molar refractivity (Wildman–Crippen MR) is 61.7 cm³/mol. The zero-order chi connectivity index (χ0) is 13.8. The summed E-state index contributed by atoms with van der Waals surface area (Å²) in [6.45, 7) is 0.380. The van der Waals surface area contributed by atoms with Crippen LogP contribution >= 0.6 is 0 Å². The van der Waals surface area contributed by atoms with Crippen molar-refractivity contribution in [2.45, 2.75) is 23.9 Å². The van der Waals surface area contributed by atoms with Crippen molar-refractivity contribution in [2.24, 2.45) is 0 Å². The summed E-state index contributed by atoms with van der Waals surface area (Å²) in [6, 6.07) is 2.23. The van der Waals surface area contributed by atoms with E-state index >= 15 is 0 Å². The molecule has 0 aliphatic carbocycles. The molecule has 102 valence electrons. The summed E-state index contributed by atoms with van der Waals surface area (Å²) >= 11 is 0. The Labute approximate surface area is 105 Å². The van der Waals surface area contributed by atoms with E-state index in [4.69, 9.17) is 10.2 Å². The molecule has 0 fully saturated rings. The fourth-order valence-electron chi connectivity index (χ4n) is 1.31. The molecule has 0 aromatic carbocycles. The second-order valence-electron chi connectivity index (χ2n) is 3.85. The highest BCUT2D eigenvalue weighted by Crippen LogP contribution is 2.16. The molecule has 0 radical (unpaired) electrons. The maximum atomic E-state index is 13.4. The normalized spacial score (nSPS) is 12.7. The Morgan fingerprint density at radius 1 is 1.44 bits per heavy atom. The van der Waals surface area contributed by atoms with Gasteiger partial charge in [-0.1, -0.05) is 6.92 Å². The van der Waals surface area contributed by atoms with Crippen LogP contribution in [0.15, 0.2) is 23.4 Å². The Kier molecular flexibility index (Phi) is 4.74. The molecule has 0 amide bonds. The quantitative estimate of drug-likeness (QED) is 0.659. The maximum absolute atomic E-state index is 13.4. The third kappa shape index (κ3) is 3.02. The van der Waals surface area contributed by atoms with Crippen LogP contribution in [0.2, 0.25) is 0 Å². The summed E-state index contributed by atoms with van der Waals surface area (Å²) in [6.07, 6.45) is 1.29. The van der Waals surface area contributed by atoms with Crippen molar-refractivity contribution in [3.63, 3.8) is 0 Å². The molecule has 0 aliphatic rings. The van der Waals surface area contributed by atoms with Crippen molar-refractivity contribution in [3.05, 3.63) is 24.1 Å². The summed E-state index contributed by atoms with van der Waals surface area (Å²) in [4.78, 5) is 3.45. The average Bonchev–Trinajstić information content (AvgIpc) is 2.36. The summed E-state index contributed by atoms with van der Waals surface area (Å²) in [5.41, 5.74) is -1.43. The van der Waals surface area contributed by atoms with E-state index in [0.717, 1.165) is 12.3 Å². The molecule has 0 bridgehead atoms. The highest BCUT2D eigenvalue weighted by molar-refractivity contribution is 7.89. The zero-order valence-electron chi connectivity index (χ0n) is 9.80. The Morgan fingerprint density at radius 2 is 2.06 bits per heavy atom. The Morgan fingerprint density at radius 3 is 2.50 bits per heavy atom. The molecule has 0 spiro atoms. The molecular formula is C10H15FN2O4S. The fourth-order valence-corrected chi connectivity index (χ4v) is 2.78. The van der Waals surface area contributed by atoms with Gasteiger partial charge in [-0.05, 0) is 18.6 Å². The van der Waals surface area contributed by atoms with E-state index in [9.17, 15) is 12.8 Å². The first-order valence-corrected chi connectivity index (χ1v) is 6.75. The lowest BCUT2D eigenvalue weighted by atomic mass is 10.0. The minimum atomic E-state index is -4.24. The average molecular weight is 278 g/mol. The first kappa shape index (κ1) is 15.0. The molecule has 3 N–H and O–H groups in total. The molecule has 1 aromatic rings. The van der Waals surface area contributed by atoms with Crippen LogP contribution in [0.3, 0.4) is 0 Å². The van der Waals surface area contributed by atoms with Gasteiger partial charge in [-0.2, -0.15) is 4.72 Å². The van der Waals surface area contributed by atoms with Crippen LogP contribution in [0, 0.1) is 5.82 Å². The number of nitrogens with one attached hydrogen (secondary N) is 1. The van der Waals surface area contributed by atoms with Crippen LogP contribution in [-0.2, 0) is 10.0 Å². The number of pyridine rings is 1. The van der Waals surface area contributed by atoms with Gasteiger partial charge in [0.2, 0.25) is 5.03 Å². The minimum Gasteiger partial charge on any atom is -0.394 e. The number of hydrogen-bond acceptors (Lipinski definition) is 5. The molecule has 0 aliphatic heterocycles. The molecule has 0 unspecified atom stereocenters. The van der Waals surface area contributed by atoms with Crippen LogP contribution in [-0.4, -0.2) is 42.4 Å². The minimum absolute atomic E-state index is 0.147. The van der Waals surface area contributed by atoms with Gasteiger partial charge in [-0.25, -0.2) is 17.8 Å². The second-order valence-corrected chi connectivity index (χ2v) is 5.44. The fraction of sp³-hybridized carbons (Fsp3) is 0.500. The third-order valence-electron chi connectivity index (χ3n) is 2.61. The van der Waals surface area contributed by atoms with Crippen molar-refractivity contribution in [2.75, 3.05) is 13.2 Å². The van der Waals surface area contributed by atoms with Crippen molar-refractivity contribution in [1.82, 2.24) is 9.71 Å². The first-order valence-electron chi connectivity index (χ1n) is 5.27. The van der Waals surface area contributed by atoms with Gasteiger partial charge in [-0.15, -0.1) is 0 Å². The molecule has 1 heterocycles. The van der Waals surface area contributed by atoms with E-state index < -0.39 is 39.6 Å². The largest absolute Gasteiger partial charge is 0.394 e. The van der Waals surface area contributed by atoms with Gasteiger partial charge in [0.15, 0.2) is 5.82 Å². The Hall–Kier alpha value is -1.09. The summed E-state index contributed by atoms with van der Waals surface area (Å²) < 4.78 is 39.3. The smallest absolute Gasteiger partial charge is 0.261 e. The lowest BCUT2D eigenvalue weighted by Crippen LogP contribution is -2.53. The van der Waals surface area contributed by atoms with Gasteiger partial charge in [-0.3, -0.25) is 0 Å². The van der Waals surface area contributed by atoms with Crippen LogP contribution in [0.4, 0.5) is 4.39 Å². The molecule has 1 rings (SSSR count). The number of rotatable bonds is 6. The van der Waals surface area contributed by atoms with Crippen molar-refractivity contribution in [3.8, 4) is 0 Å². The topological polar surface area (TPSA) is 99.5 Å². The predicted octanol–water partition coefficient (Wildman–Crippen LogP) is -0.368. The van der Waals surface area contributed by atoms with Crippen LogP contribution < -0.4 is 4.72 Å². The van der Waals surface area contributed by atoms with Gasteiger partial charge >= 0.3 is 0 Å². The summed E-state index contributed by atoms with van der Waals surface area (Å²) in [7, 11) is -4.24. The summed E-state index contributed by atoms with van der Waals surface area (Å²) in [5, 5.41) is 17.6. The van der Waals surface area contributed by atoms with Gasteiger partial charge in [0.05, 0.1) is 18.8 Å². The third-order valence-corrected chi connectivity index (χ3v) is 4.12. The van der Waals surface area contributed by atoms with E-state index in [-0.39, 0.29) is 6.42 Å². The molecule has 1 aromatic heterocycles. The lowest BCUT2D eigenvalue weighted by Gasteiger charge is -2.28. The van der Waals surface area contributed by atoms with E-state index in [1.165, 1.54) is 6.07 Å². The number of aliphatic hydroxyl groups excluding tert-OH is 2. The molecule has 0 saturated carbocycles. The monoisotopic (exact) mass is 278 g/mol. The standard InChI is InChI=1S/C10H15FN2O4S/c1-2-10(6-14,7-15)13-18(16,17)9-8(11)4-3-5-12-9/h3-5,13-15H,2,6-7H2,1H3. The first-order chi connectivity index (χ1) is 8.40. The van der Waals surface area contributed by atoms with Crippen molar-refractivity contribution >= 4 is 10.0 Å². The lowest BCUT2D eigenvalue weighted by molar-refractivity contribution is 0.105. The molecule has 6 nitrogen and oxygen atoms in total. The molecule has 0 atom stereocenters. The van der Waals surface area contributed by atoms with Gasteiger partial charge in [0.1, 0.15) is 0 Å². The maximum Gasteiger partial charge on any atom is 0.261 e. The number of hydrogen-bond donors (Lipinski definition) is 3. The molecule has 8 heteroatoms. The van der Waals surface area contributed by atoms with E-state index in [1.54, 1.807) is 6.92 Å². The van der Waals surface area contributed by atoms with E-state index in [1.807, 2.05) is 0 Å². The SMILES string of the molecule is CCC(CO)(CO)NS(=O)(=O)c1ncccc1F. The van der Waals surface area contributed by atoms with Crippen LogP contribution in [0.1, 0.15) is 13.3 Å². The van der Waals surface area contributed by atoms with E-state index in [2.05, 4.69) is 9.71 Å². The zero-order valence-corrected chi connectivity index (χ0v) is 10.6. The second kappa shape index (κ2) is 5.70. The van der Waals surface area contributed by atoms with Crippen molar-refractivity contribution in [1.29, 1.82) is 0 Å². The molecular weight excluding hydrogens is 263 g/mol. The van der Waals surface area contributed by atoms with Crippen molar-refractivity contribution < 1.29 is 23.0 Å². The Bertz CT molecular complexity index is 494. The summed E-state index contributed by atoms with van der Waals surface area (Å²) in [5.74, 6) is -0.995. The number of nitrogens with zero attached hydrogens (tertiary/aromatic N) is 1. The number of sulfonamides is 1. The van der Waals surface area contributed by atoms with Crippen LogP contribution in [0.25, 0.3) is 0 Å². The number of aliphatic hydroxyl groups is 2. The van der Waals surface area contributed by atoms with Gasteiger partial charge < -0.3 is 10.2 Å². The van der Waals surface area contributed by atoms with E-state index in [0.29, 0.717) is 0 Å². The van der Waals surface area contributed by atoms with Gasteiger partial charge in [0.25, 0.3) is 10.0 Å². The van der Waals surface area contributed by atoms with Crippen LogP contribution in [0.5, 0.6) is 0 Å².